The van der Waals surface area contributed by atoms with Gasteiger partial charge >= 0.3 is 6.09 Å². The van der Waals surface area contributed by atoms with Gasteiger partial charge in [0.2, 0.25) is 5.91 Å². The molecule has 2 atom stereocenters. The van der Waals surface area contributed by atoms with Crippen LogP contribution in [0.1, 0.15) is 76.1 Å². The minimum absolute atomic E-state index is 0.0510. The van der Waals surface area contributed by atoms with Gasteiger partial charge in [0.1, 0.15) is 17.7 Å². The van der Waals surface area contributed by atoms with Crippen LogP contribution in [0.5, 0.6) is 0 Å². The van der Waals surface area contributed by atoms with Gasteiger partial charge in [-0.1, -0.05) is 80.3 Å². The Morgan fingerprint density at radius 2 is 1.64 bits per heavy atom. The third-order valence-electron chi connectivity index (χ3n) is 7.00. The summed E-state index contributed by atoms with van der Waals surface area (Å²) in [6, 6.07) is 17.7. The molecule has 0 bridgehead atoms. The van der Waals surface area contributed by atoms with Gasteiger partial charge in [0, 0.05) is 18.0 Å². The van der Waals surface area contributed by atoms with Crippen molar-refractivity contribution in [3.05, 3.63) is 77.4 Å². The molecule has 0 aliphatic heterocycles. The molecule has 0 saturated heterocycles. The molecule has 0 spiro atoms. The molecule has 226 valence electrons. The number of rotatable bonds is 12. The molecule has 3 rings (SSSR count). The van der Waals surface area contributed by atoms with E-state index >= 15 is 0 Å². The molecule has 0 saturated carbocycles. The number of unbranched alkanes of at least 4 members (excludes halogenated alkanes) is 3. The molecule has 0 aromatic heterocycles. The maximum atomic E-state index is 14.2. The van der Waals surface area contributed by atoms with E-state index in [2.05, 4.69) is 30.2 Å². The highest BCUT2D eigenvalue weighted by molar-refractivity contribution is 7.80. The molecule has 3 amide bonds. The molecule has 0 fully saturated rings. The fourth-order valence-corrected chi connectivity index (χ4v) is 5.22. The number of alkyl carbamates (subject to hydrolysis) is 1. The molecular weight excluding hydrogens is 546 g/mol. The third kappa shape index (κ3) is 9.24. The molecule has 42 heavy (non-hydrogen) atoms. The van der Waals surface area contributed by atoms with E-state index in [1.165, 1.54) is 0 Å². The minimum Gasteiger partial charge on any atom is -0.444 e. The van der Waals surface area contributed by atoms with Crippen molar-refractivity contribution in [3.8, 4) is 0 Å². The van der Waals surface area contributed by atoms with Gasteiger partial charge in [-0.05, 0) is 75.1 Å². The van der Waals surface area contributed by atoms with Crippen LogP contribution in [0.4, 0.5) is 10.5 Å². The smallest absolute Gasteiger partial charge is 0.408 e. The van der Waals surface area contributed by atoms with Crippen LogP contribution in [0.2, 0.25) is 0 Å². The van der Waals surface area contributed by atoms with Crippen molar-refractivity contribution >= 4 is 47.0 Å². The second kappa shape index (κ2) is 15.1. The van der Waals surface area contributed by atoms with Gasteiger partial charge in [-0.2, -0.15) is 12.6 Å². The van der Waals surface area contributed by atoms with E-state index in [0.29, 0.717) is 12.2 Å². The van der Waals surface area contributed by atoms with E-state index in [9.17, 15) is 14.4 Å². The van der Waals surface area contributed by atoms with Crippen molar-refractivity contribution in [3.63, 3.8) is 0 Å². The Bertz CT molecular complexity index is 1380. The van der Waals surface area contributed by atoms with Gasteiger partial charge in [-0.25, -0.2) is 4.79 Å². The molecule has 8 heteroatoms. The van der Waals surface area contributed by atoms with Gasteiger partial charge < -0.3 is 20.3 Å². The fraction of sp³-hybridized carbons (Fsp3) is 0.441. The molecule has 2 N–H and O–H groups in total. The molecule has 0 heterocycles. The highest BCUT2D eigenvalue weighted by Gasteiger charge is 2.36. The maximum Gasteiger partial charge on any atom is 0.408 e. The number of hydrogen-bond acceptors (Lipinski definition) is 5. The summed E-state index contributed by atoms with van der Waals surface area (Å²) < 4.78 is 5.42. The van der Waals surface area contributed by atoms with Gasteiger partial charge in [0.15, 0.2) is 0 Å². The first-order chi connectivity index (χ1) is 19.9. The molecule has 3 aromatic carbocycles. The second-order valence-electron chi connectivity index (χ2n) is 11.8. The molecule has 0 aliphatic rings. The fourth-order valence-electron chi connectivity index (χ4n) is 4.97. The number of nitrogens with one attached hydrogen (secondary N) is 2. The van der Waals surface area contributed by atoms with Crippen molar-refractivity contribution in [2.75, 3.05) is 17.6 Å². The molecule has 3 aromatic rings. The number of benzene rings is 3. The van der Waals surface area contributed by atoms with E-state index in [-0.39, 0.29) is 17.6 Å². The van der Waals surface area contributed by atoms with Gasteiger partial charge in [-0.3, -0.25) is 9.59 Å². The summed E-state index contributed by atoms with van der Waals surface area (Å²) in [7, 11) is 0. The summed E-state index contributed by atoms with van der Waals surface area (Å²) >= 11 is 4.40. The lowest BCUT2D eigenvalue weighted by Crippen LogP contribution is -2.53. The SMILES string of the molecule is CCCCCCN(C(=O)C(CS)NC(=O)OC(C)(C)C)C(C(=O)Nc1ccc2ccccc2c1)c1ccc(C)cc1C. The first-order valence-electron chi connectivity index (χ1n) is 14.7. The molecule has 0 aliphatic carbocycles. The highest BCUT2D eigenvalue weighted by Crippen LogP contribution is 2.29. The zero-order valence-corrected chi connectivity index (χ0v) is 26.6. The molecule has 7 nitrogen and oxygen atoms in total. The van der Waals surface area contributed by atoms with Gasteiger partial charge in [-0.15, -0.1) is 0 Å². The lowest BCUT2D eigenvalue weighted by atomic mass is 9.96. The lowest BCUT2D eigenvalue weighted by molar-refractivity contribution is -0.140. The van der Waals surface area contributed by atoms with Crippen LogP contribution < -0.4 is 10.6 Å². The quantitative estimate of drug-likeness (QED) is 0.152. The van der Waals surface area contributed by atoms with Crippen molar-refractivity contribution in [2.45, 2.75) is 84.9 Å². The number of anilines is 1. The van der Waals surface area contributed by atoms with Crippen LogP contribution in [0.15, 0.2) is 60.7 Å². The van der Waals surface area contributed by atoms with Crippen LogP contribution in [-0.2, 0) is 14.3 Å². The van der Waals surface area contributed by atoms with E-state index < -0.39 is 23.8 Å². The lowest BCUT2D eigenvalue weighted by Gasteiger charge is -2.35. The number of amides is 3. The largest absolute Gasteiger partial charge is 0.444 e. The average molecular weight is 592 g/mol. The minimum atomic E-state index is -0.976. The summed E-state index contributed by atoms with van der Waals surface area (Å²) in [5, 5.41) is 7.83. The van der Waals surface area contributed by atoms with E-state index in [4.69, 9.17) is 4.74 Å². The van der Waals surface area contributed by atoms with Crippen molar-refractivity contribution in [1.29, 1.82) is 0 Å². The zero-order chi connectivity index (χ0) is 30.9. The first kappa shape index (κ1) is 33.0. The second-order valence-corrected chi connectivity index (χ2v) is 12.2. The van der Waals surface area contributed by atoms with Crippen molar-refractivity contribution in [2.24, 2.45) is 0 Å². The number of carbonyl (C=O) groups is 3. The first-order valence-corrected chi connectivity index (χ1v) is 15.3. The predicted octanol–water partition coefficient (Wildman–Crippen LogP) is 7.37. The molecule has 0 radical (unpaired) electrons. The molecular formula is C34H45N3O4S. The Kier molecular flexibility index (Phi) is 11.9. The number of carbonyl (C=O) groups excluding carboxylic acids is 3. The summed E-state index contributed by atoms with van der Waals surface area (Å²) in [6.45, 7) is 11.7. The van der Waals surface area contributed by atoms with Gasteiger partial charge in [0.05, 0.1) is 0 Å². The monoisotopic (exact) mass is 591 g/mol. The van der Waals surface area contributed by atoms with Crippen LogP contribution in [0.25, 0.3) is 10.8 Å². The molecule has 2 unspecified atom stereocenters. The predicted molar refractivity (Wildman–Crippen MR) is 174 cm³/mol. The average Bonchev–Trinajstić information content (AvgIpc) is 2.92. The van der Waals surface area contributed by atoms with Gasteiger partial charge in [0.25, 0.3) is 5.91 Å². The Morgan fingerprint density at radius 3 is 2.29 bits per heavy atom. The standard InChI is InChI=1S/C34H45N3O4S/c1-7-8-9-12-19-37(32(39)29(22-42)36-33(40)41-34(4,5)6)30(28-18-15-23(2)20-24(28)3)31(38)35-27-17-16-25-13-10-11-14-26(25)21-27/h10-11,13-18,20-21,29-30,42H,7-9,12,19,22H2,1-6H3,(H,35,38)(H,36,40). The number of thiol groups is 1. The Labute approximate surface area is 255 Å². The van der Waals surface area contributed by atoms with Crippen molar-refractivity contribution < 1.29 is 19.1 Å². The number of ether oxygens (including phenoxy) is 1. The normalized spacial score (nSPS) is 12.8. The van der Waals surface area contributed by atoms with E-state index in [1.54, 1.807) is 25.7 Å². The van der Waals surface area contributed by atoms with Crippen LogP contribution in [0, 0.1) is 13.8 Å². The maximum absolute atomic E-state index is 14.2. The number of aryl methyl sites for hydroxylation is 2. The summed E-state index contributed by atoms with van der Waals surface area (Å²) in [4.78, 5) is 42.6. The Hall–Kier alpha value is -3.52. The Balaban J connectivity index is 2.02. The van der Waals surface area contributed by atoms with Crippen LogP contribution >= 0.6 is 12.6 Å². The topological polar surface area (TPSA) is 87.7 Å². The highest BCUT2D eigenvalue weighted by atomic mass is 32.1. The summed E-state index contributed by atoms with van der Waals surface area (Å²) in [5.74, 6) is -0.655. The van der Waals surface area contributed by atoms with Crippen LogP contribution in [-0.4, -0.2) is 46.7 Å². The zero-order valence-electron chi connectivity index (χ0n) is 25.7. The van der Waals surface area contributed by atoms with Crippen molar-refractivity contribution in [1.82, 2.24) is 10.2 Å². The number of hydrogen-bond donors (Lipinski definition) is 3. The number of fused-ring (bicyclic) bond motifs is 1. The van der Waals surface area contributed by atoms with E-state index in [1.807, 2.05) is 74.5 Å². The summed E-state index contributed by atoms with van der Waals surface area (Å²) in [5.41, 5.74) is 2.62. The van der Waals surface area contributed by atoms with Crippen LogP contribution in [0.3, 0.4) is 0 Å². The Morgan fingerprint density at radius 1 is 0.929 bits per heavy atom. The third-order valence-corrected chi connectivity index (χ3v) is 7.37. The van der Waals surface area contributed by atoms with E-state index in [0.717, 1.165) is 53.1 Å². The summed E-state index contributed by atoms with van der Waals surface area (Å²) in [6.07, 6.45) is 2.99. The number of nitrogens with zero attached hydrogens (tertiary/aromatic N) is 1.